The Bertz CT molecular complexity index is 772. The summed E-state index contributed by atoms with van der Waals surface area (Å²) in [7, 11) is 0. The van der Waals surface area contributed by atoms with Crippen LogP contribution in [0, 0.1) is 0 Å². The van der Waals surface area contributed by atoms with E-state index in [2.05, 4.69) is 23.9 Å². The van der Waals surface area contributed by atoms with Crippen molar-refractivity contribution >= 4 is 6.09 Å². The average molecular weight is 386 g/mol. The topological polar surface area (TPSA) is 65.7 Å². The maximum absolute atomic E-state index is 12.0. The molecule has 0 aliphatic heterocycles. The third kappa shape index (κ3) is 7.55. The lowest BCUT2D eigenvalue weighted by molar-refractivity contribution is 0.154. The van der Waals surface area contributed by atoms with Gasteiger partial charge in [0.2, 0.25) is 5.88 Å². The van der Waals surface area contributed by atoms with Gasteiger partial charge in [-0.3, -0.25) is 0 Å². The van der Waals surface area contributed by atoms with E-state index in [9.17, 15) is 4.79 Å². The molecule has 0 saturated heterocycles. The van der Waals surface area contributed by atoms with E-state index in [4.69, 9.17) is 9.47 Å². The third-order valence-electron chi connectivity index (χ3n) is 4.23. The molecule has 0 saturated carbocycles. The molecule has 0 unspecified atom stereocenters. The predicted molar refractivity (Wildman–Crippen MR) is 110 cm³/mol. The monoisotopic (exact) mass is 385 g/mol. The molecule has 6 heteroatoms. The van der Waals surface area contributed by atoms with Crippen molar-refractivity contribution < 1.29 is 14.3 Å². The molecule has 2 rings (SSSR count). The minimum absolute atomic E-state index is 0.399. The highest BCUT2D eigenvalue weighted by atomic mass is 16.5. The van der Waals surface area contributed by atoms with Gasteiger partial charge in [-0.2, -0.15) is 10.1 Å². The van der Waals surface area contributed by atoms with E-state index in [-0.39, 0.29) is 0 Å². The van der Waals surface area contributed by atoms with E-state index in [0.717, 1.165) is 31.4 Å². The van der Waals surface area contributed by atoms with Crippen molar-refractivity contribution in [3.8, 4) is 11.6 Å². The number of rotatable bonds is 11. The molecule has 0 aliphatic rings. The molecule has 1 aromatic carbocycles. The standard InChI is InChI=1S/C22H31N3O3/c1-3-5-7-8-12-16-28-22(26)24-19-17-21(27-15-6-4-2)25(23-18-19)20-13-10-9-11-14-20/h9-11,13-14,17-18H,3-8,12,15-16H2,1-2H3. The fourth-order valence-electron chi connectivity index (χ4n) is 2.65. The van der Waals surface area contributed by atoms with Gasteiger partial charge < -0.3 is 9.47 Å². The Balaban J connectivity index is 2.06. The number of hydrogen-bond donors (Lipinski definition) is 0. The van der Waals surface area contributed by atoms with E-state index in [1.165, 1.54) is 19.3 Å². The van der Waals surface area contributed by atoms with Crippen molar-refractivity contribution in [2.45, 2.75) is 58.8 Å². The fraction of sp³-hybridized carbons (Fsp3) is 0.500. The SMILES string of the molecule is CCCCCCCOC(=O)N=c1cnn(-c2ccccc2)c(OCCCC)c1. The molecular weight excluding hydrogens is 354 g/mol. The molecule has 0 fully saturated rings. The van der Waals surface area contributed by atoms with E-state index in [1.54, 1.807) is 16.9 Å². The lowest BCUT2D eigenvalue weighted by atomic mass is 10.2. The smallest absolute Gasteiger partial charge is 0.434 e. The maximum Gasteiger partial charge on any atom is 0.434 e. The molecule has 6 nitrogen and oxygen atoms in total. The first-order valence-electron chi connectivity index (χ1n) is 10.2. The second-order valence-corrected chi connectivity index (χ2v) is 6.64. The summed E-state index contributed by atoms with van der Waals surface area (Å²) in [4.78, 5) is 16.0. The van der Waals surface area contributed by atoms with Gasteiger partial charge >= 0.3 is 6.09 Å². The van der Waals surface area contributed by atoms with Crippen molar-refractivity contribution in [3.63, 3.8) is 0 Å². The molecule has 0 radical (unpaired) electrons. The molecule has 0 atom stereocenters. The van der Waals surface area contributed by atoms with Crippen LogP contribution in [0.25, 0.3) is 5.69 Å². The summed E-state index contributed by atoms with van der Waals surface area (Å²) in [6, 6.07) is 11.4. The molecule has 0 aliphatic carbocycles. The quantitative estimate of drug-likeness (QED) is 0.507. The van der Waals surface area contributed by atoms with Crippen LogP contribution in [0.2, 0.25) is 0 Å². The summed E-state index contributed by atoms with van der Waals surface area (Å²) < 4.78 is 12.8. The highest BCUT2D eigenvalue weighted by Crippen LogP contribution is 2.14. The molecule has 0 spiro atoms. The number of nitrogens with zero attached hydrogens (tertiary/aromatic N) is 3. The zero-order chi connectivity index (χ0) is 20.0. The first-order valence-corrected chi connectivity index (χ1v) is 10.2. The van der Waals surface area contributed by atoms with Gasteiger partial charge in [0.1, 0.15) is 0 Å². The predicted octanol–water partition coefficient (Wildman–Crippen LogP) is 5.06. The summed E-state index contributed by atoms with van der Waals surface area (Å²) >= 11 is 0. The molecule has 1 amide bonds. The Labute approximate surface area is 167 Å². The van der Waals surface area contributed by atoms with Crippen molar-refractivity contribution in [3.05, 3.63) is 48.0 Å². The molecule has 152 valence electrons. The number of aromatic nitrogens is 2. The number of amides is 1. The summed E-state index contributed by atoms with van der Waals surface area (Å²) in [6.07, 6.45) is 8.46. The Morgan fingerprint density at radius 1 is 1.00 bits per heavy atom. The molecule has 2 aromatic rings. The average Bonchev–Trinajstić information content (AvgIpc) is 2.72. The minimum Gasteiger partial charge on any atom is -0.478 e. The van der Waals surface area contributed by atoms with Crippen LogP contribution in [0.3, 0.4) is 0 Å². The van der Waals surface area contributed by atoms with Crippen LogP contribution in [0.15, 0.2) is 47.6 Å². The lowest BCUT2D eigenvalue weighted by Gasteiger charge is -2.13. The first-order chi connectivity index (χ1) is 13.7. The number of unbranched alkanes of at least 4 members (excludes halogenated alkanes) is 5. The van der Waals surface area contributed by atoms with Crippen LogP contribution < -0.4 is 10.1 Å². The molecule has 0 N–H and O–H groups in total. The van der Waals surface area contributed by atoms with Crippen molar-refractivity contribution in [2.24, 2.45) is 4.99 Å². The van der Waals surface area contributed by atoms with E-state index in [1.807, 2.05) is 30.3 Å². The van der Waals surface area contributed by atoms with E-state index < -0.39 is 6.09 Å². The van der Waals surface area contributed by atoms with Gasteiger partial charge in [0.15, 0.2) is 0 Å². The zero-order valence-electron chi connectivity index (χ0n) is 17.0. The van der Waals surface area contributed by atoms with E-state index >= 15 is 0 Å². The number of para-hydroxylation sites is 1. The van der Waals surface area contributed by atoms with Crippen LogP contribution in [0.1, 0.15) is 58.8 Å². The molecule has 0 bridgehead atoms. The number of carbonyl (C=O) groups excluding carboxylic acids is 1. The molecule has 1 heterocycles. The number of benzene rings is 1. The Morgan fingerprint density at radius 3 is 2.50 bits per heavy atom. The minimum atomic E-state index is -0.589. The third-order valence-corrected chi connectivity index (χ3v) is 4.23. The second kappa shape index (κ2) is 12.7. The summed E-state index contributed by atoms with van der Waals surface area (Å²) in [6.45, 7) is 5.26. The highest BCUT2D eigenvalue weighted by Gasteiger charge is 2.07. The number of ether oxygens (including phenoxy) is 2. The van der Waals surface area contributed by atoms with Gasteiger partial charge in [-0.1, -0.05) is 64.2 Å². The first kappa shape index (κ1) is 21.7. The largest absolute Gasteiger partial charge is 0.478 e. The highest BCUT2D eigenvalue weighted by molar-refractivity contribution is 5.68. The van der Waals surface area contributed by atoms with Gasteiger partial charge in [0, 0.05) is 6.07 Å². The van der Waals surface area contributed by atoms with Crippen molar-refractivity contribution in [1.29, 1.82) is 0 Å². The van der Waals surface area contributed by atoms with Gasteiger partial charge in [-0.25, -0.2) is 9.48 Å². The summed E-state index contributed by atoms with van der Waals surface area (Å²) in [5.74, 6) is 0.549. The Hall–Kier alpha value is -2.63. The normalized spacial score (nSPS) is 11.4. The van der Waals surface area contributed by atoms with Crippen LogP contribution in [-0.2, 0) is 4.74 Å². The van der Waals surface area contributed by atoms with Gasteiger partial charge in [-0.15, -0.1) is 0 Å². The zero-order valence-corrected chi connectivity index (χ0v) is 17.0. The Morgan fingerprint density at radius 2 is 1.75 bits per heavy atom. The van der Waals surface area contributed by atoms with Gasteiger partial charge in [0.05, 0.1) is 30.5 Å². The maximum atomic E-state index is 12.0. The van der Waals surface area contributed by atoms with Gasteiger partial charge in [0.25, 0.3) is 0 Å². The van der Waals surface area contributed by atoms with Crippen molar-refractivity contribution in [2.75, 3.05) is 13.2 Å². The summed E-state index contributed by atoms with van der Waals surface area (Å²) in [5.41, 5.74) is 0.884. The van der Waals surface area contributed by atoms with Crippen LogP contribution in [0.4, 0.5) is 4.79 Å². The molecule has 28 heavy (non-hydrogen) atoms. The Kier molecular flexibility index (Phi) is 9.83. The van der Waals surface area contributed by atoms with Crippen molar-refractivity contribution in [1.82, 2.24) is 9.78 Å². The van der Waals surface area contributed by atoms with Crippen LogP contribution in [-0.4, -0.2) is 29.1 Å². The molecule has 1 aromatic heterocycles. The van der Waals surface area contributed by atoms with E-state index in [0.29, 0.717) is 24.5 Å². The molecular formula is C22H31N3O3. The lowest BCUT2D eigenvalue weighted by Crippen LogP contribution is -2.16. The van der Waals surface area contributed by atoms with Crippen LogP contribution >= 0.6 is 0 Å². The second-order valence-electron chi connectivity index (χ2n) is 6.64. The number of hydrogen-bond acceptors (Lipinski definition) is 4. The fourth-order valence-corrected chi connectivity index (χ4v) is 2.65. The van der Waals surface area contributed by atoms with Gasteiger partial charge in [-0.05, 0) is 25.0 Å². The summed E-state index contributed by atoms with van der Waals surface area (Å²) in [5, 5.41) is 4.83. The number of carbonyl (C=O) groups is 1. The van der Waals surface area contributed by atoms with Crippen LogP contribution in [0.5, 0.6) is 5.88 Å².